The van der Waals surface area contributed by atoms with Crippen LogP contribution in [0.4, 0.5) is 0 Å². The molecule has 0 atom stereocenters. The molecule has 0 saturated carbocycles. The van der Waals surface area contributed by atoms with Gasteiger partial charge in [-0.2, -0.15) is 0 Å². The van der Waals surface area contributed by atoms with E-state index in [1.807, 2.05) is 0 Å². The van der Waals surface area contributed by atoms with Gasteiger partial charge in [0.25, 0.3) is 0 Å². The lowest BCUT2D eigenvalue weighted by atomic mass is 10.1. The molecule has 3 N–H and O–H groups in total. The number of aliphatic imine (C=N–C) groups is 1. The quantitative estimate of drug-likeness (QED) is 0.455. The standard InChI is InChI=1S/C20H27N5S/c1-13(2)18-12-26-19(25-18)11-23-20(21-4)22-10-9-15-14(3)24-17-8-6-5-7-16(15)17/h5-8,12-13,24H,9-11H2,1-4H3,(H2,21,22,23). The van der Waals surface area contributed by atoms with Crippen LogP contribution in [0.2, 0.25) is 0 Å². The van der Waals surface area contributed by atoms with Crippen molar-refractivity contribution in [3.05, 3.63) is 51.6 Å². The van der Waals surface area contributed by atoms with Gasteiger partial charge in [-0.25, -0.2) is 4.98 Å². The smallest absolute Gasteiger partial charge is 0.191 e. The van der Waals surface area contributed by atoms with E-state index in [1.165, 1.54) is 22.2 Å². The van der Waals surface area contributed by atoms with Gasteiger partial charge in [-0.15, -0.1) is 11.3 Å². The van der Waals surface area contributed by atoms with Crippen LogP contribution in [-0.2, 0) is 13.0 Å². The number of aryl methyl sites for hydroxylation is 1. The van der Waals surface area contributed by atoms with Crippen molar-refractivity contribution in [3.63, 3.8) is 0 Å². The van der Waals surface area contributed by atoms with E-state index in [-0.39, 0.29) is 0 Å². The monoisotopic (exact) mass is 369 g/mol. The van der Waals surface area contributed by atoms with Crippen molar-refractivity contribution < 1.29 is 0 Å². The molecule has 26 heavy (non-hydrogen) atoms. The third-order valence-corrected chi connectivity index (χ3v) is 5.35. The molecule has 5 nitrogen and oxygen atoms in total. The highest BCUT2D eigenvalue weighted by atomic mass is 32.1. The number of hydrogen-bond donors (Lipinski definition) is 3. The normalized spacial score (nSPS) is 12.1. The predicted octanol–water partition coefficient (Wildman–Crippen LogP) is 3.96. The molecule has 6 heteroatoms. The van der Waals surface area contributed by atoms with E-state index in [0.717, 1.165) is 29.6 Å². The van der Waals surface area contributed by atoms with Gasteiger partial charge in [0.1, 0.15) is 5.01 Å². The summed E-state index contributed by atoms with van der Waals surface area (Å²) in [5.41, 5.74) is 4.96. The van der Waals surface area contributed by atoms with E-state index in [4.69, 9.17) is 0 Å². The molecule has 0 spiro atoms. The highest BCUT2D eigenvalue weighted by Gasteiger charge is 2.09. The third-order valence-electron chi connectivity index (χ3n) is 4.49. The first-order chi connectivity index (χ1) is 12.6. The number of nitrogens with one attached hydrogen (secondary N) is 3. The van der Waals surface area contributed by atoms with Crippen molar-refractivity contribution >= 4 is 28.2 Å². The van der Waals surface area contributed by atoms with E-state index in [2.05, 4.69) is 76.0 Å². The molecule has 0 aliphatic rings. The number of benzene rings is 1. The fourth-order valence-electron chi connectivity index (χ4n) is 3.01. The summed E-state index contributed by atoms with van der Waals surface area (Å²) in [6.45, 7) is 8.00. The molecule has 1 aromatic carbocycles. The van der Waals surface area contributed by atoms with E-state index >= 15 is 0 Å². The summed E-state index contributed by atoms with van der Waals surface area (Å²) in [5, 5.41) is 11.3. The molecule has 0 fully saturated rings. The van der Waals surface area contributed by atoms with E-state index in [9.17, 15) is 0 Å². The van der Waals surface area contributed by atoms with Gasteiger partial charge in [0.05, 0.1) is 12.2 Å². The van der Waals surface area contributed by atoms with Gasteiger partial charge < -0.3 is 15.6 Å². The Morgan fingerprint density at radius 3 is 2.81 bits per heavy atom. The zero-order chi connectivity index (χ0) is 18.5. The van der Waals surface area contributed by atoms with Gasteiger partial charge in [-0.05, 0) is 30.9 Å². The summed E-state index contributed by atoms with van der Waals surface area (Å²) in [5.74, 6) is 1.28. The lowest BCUT2D eigenvalue weighted by molar-refractivity contribution is 0.778. The molecule has 0 aliphatic heterocycles. The Kier molecular flexibility index (Phi) is 5.93. The van der Waals surface area contributed by atoms with Crippen molar-refractivity contribution in [1.29, 1.82) is 0 Å². The Labute approximate surface area is 159 Å². The third kappa shape index (κ3) is 4.25. The topological polar surface area (TPSA) is 65.1 Å². The first kappa shape index (κ1) is 18.5. The Hall–Kier alpha value is -2.34. The summed E-state index contributed by atoms with van der Waals surface area (Å²) in [6, 6.07) is 8.46. The van der Waals surface area contributed by atoms with Crippen molar-refractivity contribution in [3.8, 4) is 0 Å². The van der Waals surface area contributed by atoms with Gasteiger partial charge in [0.15, 0.2) is 5.96 Å². The predicted molar refractivity (Wildman–Crippen MR) is 111 cm³/mol. The second-order valence-corrected chi connectivity index (χ2v) is 7.64. The minimum absolute atomic E-state index is 0.469. The van der Waals surface area contributed by atoms with Gasteiger partial charge in [0.2, 0.25) is 0 Å². The highest BCUT2D eigenvalue weighted by molar-refractivity contribution is 7.09. The van der Waals surface area contributed by atoms with Gasteiger partial charge in [-0.1, -0.05) is 32.0 Å². The summed E-state index contributed by atoms with van der Waals surface area (Å²) >= 11 is 1.70. The van der Waals surface area contributed by atoms with Crippen LogP contribution in [0.1, 0.15) is 41.7 Å². The highest BCUT2D eigenvalue weighted by Crippen LogP contribution is 2.22. The second-order valence-electron chi connectivity index (χ2n) is 6.70. The molecule has 0 bridgehead atoms. The molecule has 2 heterocycles. The van der Waals surface area contributed by atoms with E-state index in [1.54, 1.807) is 18.4 Å². The average Bonchev–Trinajstić information content (AvgIpc) is 3.22. The SMILES string of the molecule is CN=C(NCCc1c(C)[nH]c2ccccc12)NCc1nc(C(C)C)cs1. The Balaban J connectivity index is 1.53. The number of rotatable bonds is 6. The summed E-state index contributed by atoms with van der Waals surface area (Å²) in [7, 11) is 1.80. The van der Waals surface area contributed by atoms with Crippen molar-refractivity contribution in [2.24, 2.45) is 4.99 Å². The van der Waals surface area contributed by atoms with E-state index < -0.39 is 0 Å². The molecule has 0 aliphatic carbocycles. The lowest BCUT2D eigenvalue weighted by Crippen LogP contribution is -2.37. The molecule has 3 aromatic rings. The summed E-state index contributed by atoms with van der Waals surface area (Å²) < 4.78 is 0. The van der Waals surface area contributed by atoms with Gasteiger partial charge >= 0.3 is 0 Å². The number of fused-ring (bicyclic) bond motifs is 1. The second kappa shape index (κ2) is 8.36. The largest absolute Gasteiger partial charge is 0.358 e. The number of para-hydroxylation sites is 1. The fraction of sp³-hybridized carbons (Fsp3) is 0.400. The van der Waals surface area contributed by atoms with Crippen molar-refractivity contribution in [2.75, 3.05) is 13.6 Å². The van der Waals surface area contributed by atoms with Crippen LogP contribution >= 0.6 is 11.3 Å². The molecular weight excluding hydrogens is 342 g/mol. The van der Waals surface area contributed by atoms with Crippen molar-refractivity contribution in [1.82, 2.24) is 20.6 Å². The Morgan fingerprint density at radius 2 is 2.08 bits per heavy atom. The molecule has 138 valence electrons. The summed E-state index contributed by atoms with van der Waals surface area (Å²) in [4.78, 5) is 12.4. The number of guanidine groups is 1. The number of aromatic amines is 1. The average molecular weight is 370 g/mol. The van der Waals surface area contributed by atoms with Crippen LogP contribution in [-0.4, -0.2) is 29.5 Å². The van der Waals surface area contributed by atoms with Crippen LogP contribution in [0.3, 0.4) is 0 Å². The number of aromatic nitrogens is 2. The summed E-state index contributed by atoms with van der Waals surface area (Å²) in [6.07, 6.45) is 0.950. The lowest BCUT2D eigenvalue weighted by Gasteiger charge is -2.11. The zero-order valence-corrected chi connectivity index (χ0v) is 16.7. The van der Waals surface area contributed by atoms with Crippen LogP contribution in [0.5, 0.6) is 0 Å². The number of thiazole rings is 1. The molecule has 3 rings (SSSR count). The molecular formula is C20H27N5S. The van der Waals surface area contributed by atoms with Gasteiger partial charge in [-0.3, -0.25) is 4.99 Å². The molecule has 0 unspecified atom stereocenters. The number of hydrogen-bond acceptors (Lipinski definition) is 3. The number of nitrogens with zero attached hydrogens (tertiary/aromatic N) is 2. The first-order valence-corrected chi connectivity index (χ1v) is 9.91. The van der Waals surface area contributed by atoms with Crippen LogP contribution in [0.25, 0.3) is 10.9 Å². The maximum atomic E-state index is 4.65. The van der Waals surface area contributed by atoms with Crippen LogP contribution in [0.15, 0.2) is 34.6 Å². The molecule has 0 saturated heterocycles. The number of H-pyrrole nitrogens is 1. The fourth-order valence-corrected chi connectivity index (χ4v) is 3.91. The maximum absolute atomic E-state index is 4.65. The van der Waals surface area contributed by atoms with Gasteiger partial charge in [0, 0.05) is 35.6 Å². The Bertz CT molecular complexity index is 891. The molecule has 0 radical (unpaired) electrons. The minimum Gasteiger partial charge on any atom is -0.358 e. The van der Waals surface area contributed by atoms with Crippen LogP contribution < -0.4 is 10.6 Å². The molecule has 0 amide bonds. The van der Waals surface area contributed by atoms with Crippen LogP contribution in [0, 0.1) is 6.92 Å². The first-order valence-electron chi connectivity index (χ1n) is 9.03. The maximum Gasteiger partial charge on any atom is 0.191 e. The van der Waals surface area contributed by atoms with E-state index in [0.29, 0.717) is 12.5 Å². The minimum atomic E-state index is 0.469. The Morgan fingerprint density at radius 1 is 1.27 bits per heavy atom. The van der Waals surface area contributed by atoms with Crippen molar-refractivity contribution in [2.45, 2.75) is 39.7 Å². The zero-order valence-electron chi connectivity index (χ0n) is 15.9. The molecule has 2 aromatic heterocycles.